The molecule has 6 nitrogen and oxygen atoms in total. The highest BCUT2D eigenvalue weighted by atomic mass is 16.5. The van der Waals surface area contributed by atoms with Gasteiger partial charge < -0.3 is 15.8 Å². The van der Waals surface area contributed by atoms with Crippen molar-refractivity contribution in [2.75, 3.05) is 13.2 Å². The maximum Gasteiger partial charge on any atom is 0.241 e. The van der Waals surface area contributed by atoms with Crippen LogP contribution in [0.5, 0.6) is 0 Å². The number of primary amides is 1. The predicted molar refractivity (Wildman–Crippen MR) is 64.1 cm³/mol. The topological polar surface area (TPSA) is 105 Å². The molecular formula is C12H19N3O3. The third kappa shape index (κ3) is 3.44. The summed E-state index contributed by atoms with van der Waals surface area (Å²) in [4.78, 5) is 23.1. The molecule has 3 N–H and O–H groups in total. The van der Waals surface area contributed by atoms with E-state index in [4.69, 9.17) is 10.5 Å². The summed E-state index contributed by atoms with van der Waals surface area (Å²) in [5, 5.41) is 12.0. The van der Waals surface area contributed by atoms with Gasteiger partial charge in [-0.15, -0.1) is 0 Å². The van der Waals surface area contributed by atoms with E-state index in [1.807, 2.05) is 0 Å². The number of nitrogens with two attached hydrogens (primary N) is 1. The quantitative estimate of drug-likeness (QED) is 0.739. The van der Waals surface area contributed by atoms with E-state index in [0.29, 0.717) is 26.1 Å². The third-order valence-corrected chi connectivity index (χ3v) is 3.06. The minimum Gasteiger partial charge on any atom is -0.381 e. The van der Waals surface area contributed by atoms with Crippen LogP contribution in [0.3, 0.4) is 0 Å². The van der Waals surface area contributed by atoms with E-state index in [9.17, 15) is 14.9 Å². The molecular weight excluding hydrogens is 234 g/mol. The van der Waals surface area contributed by atoms with Gasteiger partial charge in [-0.3, -0.25) is 9.59 Å². The molecule has 1 aliphatic rings. The van der Waals surface area contributed by atoms with E-state index in [2.05, 4.69) is 11.4 Å². The summed E-state index contributed by atoms with van der Waals surface area (Å²) in [6.07, 6.45) is 0.792. The Kier molecular flexibility index (Phi) is 4.30. The van der Waals surface area contributed by atoms with Gasteiger partial charge >= 0.3 is 0 Å². The zero-order valence-electron chi connectivity index (χ0n) is 10.8. The number of ether oxygens (including phenoxy) is 1. The predicted octanol–water partition coefficient (Wildman–Crippen LogP) is 0.0770. The van der Waals surface area contributed by atoms with Gasteiger partial charge in [-0.1, -0.05) is 0 Å². The fraction of sp³-hybridized carbons (Fsp3) is 0.750. The Morgan fingerprint density at radius 2 is 2.00 bits per heavy atom. The number of nitriles is 1. The summed E-state index contributed by atoms with van der Waals surface area (Å²) < 4.78 is 5.17. The third-order valence-electron chi connectivity index (χ3n) is 3.06. The van der Waals surface area contributed by atoms with E-state index >= 15 is 0 Å². The van der Waals surface area contributed by atoms with E-state index in [0.717, 1.165) is 0 Å². The lowest BCUT2D eigenvalue weighted by Gasteiger charge is -2.33. The monoisotopic (exact) mass is 253 g/mol. The molecule has 18 heavy (non-hydrogen) atoms. The van der Waals surface area contributed by atoms with Gasteiger partial charge in [0, 0.05) is 25.2 Å². The largest absolute Gasteiger partial charge is 0.381 e. The van der Waals surface area contributed by atoms with Crippen molar-refractivity contribution in [2.45, 2.75) is 38.6 Å². The molecule has 0 aromatic rings. The summed E-state index contributed by atoms with van der Waals surface area (Å²) in [7, 11) is 0. The minimum atomic E-state index is -1.05. The van der Waals surface area contributed by atoms with Gasteiger partial charge in [-0.25, -0.2) is 0 Å². The Morgan fingerprint density at radius 1 is 1.44 bits per heavy atom. The zero-order valence-corrected chi connectivity index (χ0v) is 10.8. The summed E-state index contributed by atoms with van der Waals surface area (Å²) in [6, 6.07) is 2.08. The molecule has 0 aromatic heterocycles. The standard InChI is InChI=1S/C12H19N3O3/c1-11(2,7-9(14)16)15-10(17)12(8-13)3-5-18-6-4-12/h3-7H2,1-2H3,(H2,14,16)(H,15,17). The van der Waals surface area contributed by atoms with Crippen molar-refractivity contribution in [3.63, 3.8) is 0 Å². The fourth-order valence-corrected chi connectivity index (χ4v) is 2.02. The van der Waals surface area contributed by atoms with Crippen LogP contribution in [0, 0.1) is 16.7 Å². The van der Waals surface area contributed by atoms with Crippen molar-refractivity contribution in [1.82, 2.24) is 5.32 Å². The maximum absolute atomic E-state index is 12.2. The molecule has 1 heterocycles. The smallest absolute Gasteiger partial charge is 0.241 e. The summed E-state index contributed by atoms with van der Waals surface area (Å²) >= 11 is 0. The molecule has 0 atom stereocenters. The molecule has 0 aromatic carbocycles. The first-order chi connectivity index (χ1) is 8.31. The van der Waals surface area contributed by atoms with E-state index in [-0.39, 0.29) is 12.3 Å². The highest BCUT2D eigenvalue weighted by molar-refractivity contribution is 5.87. The Labute approximate surface area is 106 Å². The van der Waals surface area contributed by atoms with E-state index in [1.165, 1.54) is 0 Å². The van der Waals surface area contributed by atoms with Gasteiger partial charge in [-0.05, 0) is 26.7 Å². The van der Waals surface area contributed by atoms with Crippen molar-refractivity contribution in [3.05, 3.63) is 0 Å². The van der Waals surface area contributed by atoms with Gasteiger partial charge in [0.05, 0.1) is 6.07 Å². The molecule has 1 rings (SSSR count). The highest BCUT2D eigenvalue weighted by Crippen LogP contribution is 2.30. The number of carbonyl (C=O) groups excluding carboxylic acids is 2. The Morgan fingerprint density at radius 3 is 2.44 bits per heavy atom. The molecule has 1 saturated heterocycles. The van der Waals surface area contributed by atoms with Crippen LogP contribution in [0.2, 0.25) is 0 Å². The first-order valence-electron chi connectivity index (χ1n) is 5.91. The average Bonchev–Trinajstić information content (AvgIpc) is 2.27. The highest BCUT2D eigenvalue weighted by Gasteiger charge is 2.42. The van der Waals surface area contributed by atoms with Crippen LogP contribution in [0.1, 0.15) is 33.1 Å². The van der Waals surface area contributed by atoms with Gasteiger partial charge in [0.15, 0.2) is 0 Å². The van der Waals surface area contributed by atoms with Crippen LogP contribution >= 0.6 is 0 Å². The van der Waals surface area contributed by atoms with Crippen LogP contribution in [-0.4, -0.2) is 30.6 Å². The fourth-order valence-electron chi connectivity index (χ4n) is 2.02. The van der Waals surface area contributed by atoms with Crippen molar-refractivity contribution >= 4 is 11.8 Å². The molecule has 1 fully saturated rings. The second-order valence-electron chi connectivity index (χ2n) is 5.29. The molecule has 0 unspecified atom stereocenters. The van der Waals surface area contributed by atoms with Crippen molar-refractivity contribution < 1.29 is 14.3 Å². The number of carbonyl (C=O) groups is 2. The number of hydrogen-bond acceptors (Lipinski definition) is 4. The minimum absolute atomic E-state index is 0.0384. The molecule has 0 radical (unpaired) electrons. The summed E-state index contributed by atoms with van der Waals surface area (Å²) in [5.74, 6) is -0.835. The van der Waals surface area contributed by atoms with Crippen LogP contribution < -0.4 is 11.1 Å². The van der Waals surface area contributed by atoms with Gasteiger partial charge in [0.25, 0.3) is 0 Å². The molecule has 0 saturated carbocycles. The van der Waals surface area contributed by atoms with E-state index in [1.54, 1.807) is 13.8 Å². The van der Waals surface area contributed by atoms with Gasteiger partial charge in [0.2, 0.25) is 11.8 Å². The second-order valence-corrected chi connectivity index (χ2v) is 5.29. The van der Waals surface area contributed by atoms with Crippen LogP contribution in [0.15, 0.2) is 0 Å². The van der Waals surface area contributed by atoms with Crippen molar-refractivity contribution in [1.29, 1.82) is 5.26 Å². The second kappa shape index (κ2) is 5.36. The summed E-state index contributed by atoms with van der Waals surface area (Å²) in [6.45, 7) is 4.22. The normalized spacial score (nSPS) is 18.7. The molecule has 0 aliphatic carbocycles. The number of nitrogens with one attached hydrogen (secondary N) is 1. The molecule has 0 bridgehead atoms. The number of hydrogen-bond donors (Lipinski definition) is 2. The number of amides is 2. The summed E-state index contributed by atoms with van der Waals surface area (Å²) in [5.41, 5.74) is 3.33. The maximum atomic E-state index is 12.2. The first kappa shape index (κ1) is 14.5. The Bertz CT molecular complexity index is 379. The molecule has 6 heteroatoms. The van der Waals surface area contributed by atoms with Gasteiger partial charge in [-0.2, -0.15) is 5.26 Å². The lowest BCUT2D eigenvalue weighted by Crippen LogP contribution is -2.53. The first-order valence-corrected chi connectivity index (χ1v) is 5.91. The average molecular weight is 253 g/mol. The van der Waals surface area contributed by atoms with Crippen LogP contribution in [-0.2, 0) is 14.3 Å². The number of rotatable bonds is 4. The van der Waals surface area contributed by atoms with Crippen LogP contribution in [0.25, 0.3) is 0 Å². The molecule has 100 valence electrons. The lowest BCUT2D eigenvalue weighted by molar-refractivity contribution is -0.134. The van der Waals surface area contributed by atoms with Crippen molar-refractivity contribution in [3.8, 4) is 6.07 Å². The molecule has 1 aliphatic heterocycles. The number of nitrogens with zero attached hydrogens (tertiary/aromatic N) is 1. The van der Waals surface area contributed by atoms with E-state index < -0.39 is 16.9 Å². The Hall–Kier alpha value is -1.61. The van der Waals surface area contributed by atoms with Crippen molar-refractivity contribution in [2.24, 2.45) is 11.1 Å². The molecule has 0 spiro atoms. The van der Waals surface area contributed by atoms with Gasteiger partial charge in [0.1, 0.15) is 5.41 Å². The SMILES string of the molecule is CC(C)(CC(N)=O)NC(=O)C1(C#N)CCOCC1. The Balaban J connectivity index is 2.74. The van der Waals surface area contributed by atoms with Crippen LogP contribution in [0.4, 0.5) is 0 Å². The zero-order chi connectivity index (χ0) is 13.8. The molecule has 2 amide bonds. The lowest BCUT2D eigenvalue weighted by atomic mass is 9.80.